The van der Waals surface area contributed by atoms with Crippen LogP contribution < -0.4 is 19.7 Å². The highest BCUT2D eigenvalue weighted by Crippen LogP contribution is 2.28. The summed E-state index contributed by atoms with van der Waals surface area (Å²) in [7, 11) is 3.10. The summed E-state index contributed by atoms with van der Waals surface area (Å²) in [5.74, 6) is 0.885. The third-order valence-electron chi connectivity index (χ3n) is 4.58. The van der Waals surface area contributed by atoms with E-state index in [1.54, 1.807) is 32.4 Å². The van der Waals surface area contributed by atoms with Gasteiger partial charge in [-0.05, 0) is 49.2 Å². The first-order valence-corrected chi connectivity index (χ1v) is 8.67. The van der Waals surface area contributed by atoms with Crippen molar-refractivity contribution >= 4 is 17.3 Å². The first-order chi connectivity index (χ1) is 12.6. The van der Waals surface area contributed by atoms with Crippen molar-refractivity contribution in [1.29, 1.82) is 0 Å². The van der Waals surface area contributed by atoms with Crippen LogP contribution in [0.2, 0.25) is 0 Å². The van der Waals surface area contributed by atoms with Crippen molar-refractivity contribution in [3.8, 4) is 11.5 Å². The number of hydrogen-bond donors (Lipinski definition) is 2. The molecular weight excluding hydrogens is 332 g/mol. The molecule has 2 N–H and O–H groups in total. The molecule has 1 heterocycles. The van der Waals surface area contributed by atoms with Crippen LogP contribution in [-0.4, -0.2) is 44.4 Å². The normalized spacial score (nSPS) is 14.8. The number of hydrogen-bond acceptors (Lipinski definition) is 5. The number of rotatable bonds is 5. The molecule has 138 valence electrons. The molecule has 0 bridgehead atoms. The van der Waals surface area contributed by atoms with Crippen LogP contribution in [0.4, 0.5) is 11.4 Å². The second-order valence-electron chi connectivity index (χ2n) is 6.29. The fourth-order valence-electron chi connectivity index (χ4n) is 3.09. The Labute approximate surface area is 153 Å². The van der Waals surface area contributed by atoms with Crippen molar-refractivity contribution in [2.24, 2.45) is 0 Å². The van der Waals surface area contributed by atoms with Crippen LogP contribution in [0.25, 0.3) is 0 Å². The fourth-order valence-corrected chi connectivity index (χ4v) is 3.09. The van der Waals surface area contributed by atoms with Crippen LogP contribution in [0.1, 0.15) is 23.2 Å². The van der Waals surface area contributed by atoms with E-state index in [1.165, 1.54) is 0 Å². The topological polar surface area (TPSA) is 71.0 Å². The Bertz CT molecular complexity index is 770. The molecule has 1 aliphatic heterocycles. The van der Waals surface area contributed by atoms with Gasteiger partial charge in [0.1, 0.15) is 0 Å². The second kappa shape index (κ2) is 8.10. The lowest BCUT2D eigenvalue weighted by atomic mass is 10.1. The smallest absolute Gasteiger partial charge is 0.255 e. The summed E-state index contributed by atoms with van der Waals surface area (Å²) in [5, 5.41) is 12.6. The molecule has 0 aliphatic carbocycles. The Hall–Kier alpha value is -2.73. The van der Waals surface area contributed by atoms with E-state index in [2.05, 4.69) is 10.2 Å². The van der Waals surface area contributed by atoms with E-state index in [9.17, 15) is 9.90 Å². The van der Waals surface area contributed by atoms with Crippen LogP contribution >= 0.6 is 0 Å². The number of nitrogens with zero attached hydrogens (tertiary/aromatic N) is 1. The Balaban J connectivity index is 1.72. The maximum Gasteiger partial charge on any atom is 0.255 e. The fraction of sp³-hybridized carbons (Fsp3) is 0.350. The molecule has 3 rings (SSSR count). The number of nitrogens with one attached hydrogen (secondary N) is 1. The van der Waals surface area contributed by atoms with Crippen molar-refractivity contribution in [3.05, 3.63) is 48.0 Å². The minimum absolute atomic E-state index is 0.209. The van der Waals surface area contributed by atoms with Gasteiger partial charge in [0, 0.05) is 30.0 Å². The van der Waals surface area contributed by atoms with Gasteiger partial charge < -0.3 is 24.8 Å². The number of aliphatic hydroxyl groups is 1. The van der Waals surface area contributed by atoms with Gasteiger partial charge in [0.25, 0.3) is 5.91 Å². The molecule has 0 aromatic heterocycles. The largest absolute Gasteiger partial charge is 0.493 e. The maximum atomic E-state index is 12.6. The van der Waals surface area contributed by atoms with Crippen LogP contribution in [0.15, 0.2) is 42.5 Å². The molecule has 1 saturated heterocycles. The van der Waals surface area contributed by atoms with E-state index in [0.717, 1.165) is 37.3 Å². The van der Waals surface area contributed by atoms with E-state index in [4.69, 9.17) is 9.47 Å². The summed E-state index contributed by atoms with van der Waals surface area (Å²) >= 11 is 0. The number of ether oxygens (including phenoxy) is 2. The molecule has 6 nitrogen and oxygen atoms in total. The molecule has 2 aromatic carbocycles. The molecule has 26 heavy (non-hydrogen) atoms. The molecule has 1 fully saturated rings. The lowest BCUT2D eigenvalue weighted by Gasteiger charge is -2.31. The van der Waals surface area contributed by atoms with E-state index < -0.39 is 0 Å². The Morgan fingerprint density at radius 3 is 2.50 bits per heavy atom. The quantitative estimate of drug-likeness (QED) is 0.862. The van der Waals surface area contributed by atoms with Crippen LogP contribution in [0.3, 0.4) is 0 Å². The van der Waals surface area contributed by atoms with Crippen molar-refractivity contribution < 1.29 is 19.4 Å². The SMILES string of the molecule is COc1ccc(C(=O)Nc2cccc(N3CCC(O)CC3)c2)cc1OC. The minimum atomic E-state index is -0.211. The van der Waals surface area contributed by atoms with E-state index in [-0.39, 0.29) is 12.0 Å². The zero-order chi connectivity index (χ0) is 18.5. The third kappa shape index (κ3) is 4.08. The zero-order valence-corrected chi connectivity index (χ0v) is 15.1. The van der Waals surface area contributed by atoms with Crippen LogP contribution in [-0.2, 0) is 0 Å². The molecular formula is C20H24N2O4. The molecule has 0 atom stereocenters. The molecule has 1 amide bonds. The molecule has 0 radical (unpaired) electrons. The van der Waals surface area contributed by atoms with Crippen molar-refractivity contribution in [2.45, 2.75) is 18.9 Å². The van der Waals surface area contributed by atoms with Gasteiger partial charge in [-0.2, -0.15) is 0 Å². The van der Waals surface area contributed by atoms with Gasteiger partial charge in [-0.1, -0.05) is 6.07 Å². The maximum absolute atomic E-state index is 12.6. The lowest BCUT2D eigenvalue weighted by Crippen LogP contribution is -2.35. The summed E-state index contributed by atoms with van der Waals surface area (Å²) in [6.45, 7) is 1.63. The second-order valence-corrected chi connectivity index (χ2v) is 6.29. The number of carbonyl (C=O) groups is 1. The van der Waals surface area contributed by atoms with Crippen molar-refractivity contribution in [3.63, 3.8) is 0 Å². The Kier molecular flexibility index (Phi) is 5.63. The van der Waals surface area contributed by atoms with Gasteiger partial charge in [-0.25, -0.2) is 0 Å². The van der Waals surface area contributed by atoms with E-state index >= 15 is 0 Å². The number of piperidine rings is 1. The van der Waals surface area contributed by atoms with Gasteiger partial charge >= 0.3 is 0 Å². The predicted molar refractivity (Wildman–Crippen MR) is 101 cm³/mol. The Morgan fingerprint density at radius 2 is 1.81 bits per heavy atom. The Morgan fingerprint density at radius 1 is 1.08 bits per heavy atom. The number of amides is 1. The monoisotopic (exact) mass is 356 g/mol. The van der Waals surface area contributed by atoms with Crippen molar-refractivity contribution in [1.82, 2.24) is 0 Å². The summed E-state index contributed by atoms with van der Waals surface area (Å²) in [6, 6.07) is 12.8. The summed E-state index contributed by atoms with van der Waals surface area (Å²) < 4.78 is 10.5. The average molecular weight is 356 g/mol. The number of benzene rings is 2. The first-order valence-electron chi connectivity index (χ1n) is 8.67. The van der Waals surface area contributed by atoms with Gasteiger partial charge in [-0.3, -0.25) is 4.79 Å². The zero-order valence-electron chi connectivity index (χ0n) is 15.1. The first kappa shape index (κ1) is 18.1. The van der Waals surface area contributed by atoms with Crippen molar-refractivity contribution in [2.75, 3.05) is 37.5 Å². The highest BCUT2D eigenvalue weighted by atomic mass is 16.5. The van der Waals surface area contributed by atoms with Crippen LogP contribution in [0, 0.1) is 0 Å². The summed E-state index contributed by atoms with van der Waals surface area (Å²) in [4.78, 5) is 14.8. The molecule has 1 aliphatic rings. The third-order valence-corrected chi connectivity index (χ3v) is 4.58. The van der Waals surface area contributed by atoms with Gasteiger partial charge in [0.05, 0.1) is 20.3 Å². The predicted octanol–water partition coefficient (Wildman–Crippen LogP) is 2.92. The molecule has 0 spiro atoms. The summed E-state index contributed by atoms with van der Waals surface area (Å²) in [6.07, 6.45) is 1.32. The molecule has 6 heteroatoms. The minimum Gasteiger partial charge on any atom is -0.493 e. The number of carbonyl (C=O) groups excluding carboxylic acids is 1. The van der Waals surface area contributed by atoms with Gasteiger partial charge in [0.15, 0.2) is 11.5 Å². The van der Waals surface area contributed by atoms with E-state index in [1.807, 2.05) is 24.3 Å². The number of methoxy groups -OCH3 is 2. The average Bonchev–Trinajstić information content (AvgIpc) is 2.68. The standard InChI is InChI=1S/C20H24N2O4/c1-25-18-7-6-14(12-19(18)26-2)20(24)21-15-4-3-5-16(13-15)22-10-8-17(23)9-11-22/h3-7,12-13,17,23H,8-11H2,1-2H3,(H,21,24). The lowest BCUT2D eigenvalue weighted by molar-refractivity contribution is 0.102. The molecule has 2 aromatic rings. The van der Waals surface area contributed by atoms with Gasteiger partial charge in [0.2, 0.25) is 0 Å². The number of aliphatic hydroxyl groups excluding tert-OH is 1. The number of anilines is 2. The molecule has 0 saturated carbocycles. The van der Waals surface area contributed by atoms with E-state index in [0.29, 0.717) is 17.1 Å². The highest BCUT2D eigenvalue weighted by molar-refractivity contribution is 6.04. The molecule has 0 unspecified atom stereocenters. The van der Waals surface area contributed by atoms with Gasteiger partial charge in [-0.15, -0.1) is 0 Å². The van der Waals surface area contributed by atoms with Crippen LogP contribution in [0.5, 0.6) is 11.5 Å². The highest BCUT2D eigenvalue weighted by Gasteiger charge is 2.18. The summed E-state index contributed by atoms with van der Waals surface area (Å²) in [5.41, 5.74) is 2.27.